The highest BCUT2D eigenvalue weighted by atomic mass is 14.9. The minimum absolute atomic E-state index is 0.421. The highest BCUT2D eigenvalue weighted by Gasteiger charge is 2.16. The van der Waals surface area contributed by atoms with Crippen LogP contribution in [0.4, 0.5) is 0 Å². The topological polar surface area (TPSA) is 12.0 Å². The van der Waals surface area contributed by atoms with Crippen LogP contribution in [0.1, 0.15) is 58.9 Å². The van der Waals surface area contributed by atoms with E-state index in [-0.39, 0.29) is 0 Å². The van der Waals surface area contributed by atoms with Gasteiger partial charge in [-0.3, -0.25) is 0 Å². The van der Waals surface area contributed by atoms with Crippen LogP contribution in [0.3, 0.4) is 0 Å². The van der Waals surface area contributed by atoms with Gasteiger partial charge in [0.1, 0.15) is 0 Å². The fraction of sp³-hybridized carbons (Fsp3) is 0.647. The molecule has 0 aliphatic carbocycles. The van der Waals surface area contributed by atoms with Crippen LogP contribution in [0, 0.1) is 5.41 Å². The standard InChI is InChI=1S/C17H29N/c1-14(2)18-13-16(11-12-17(3,4)5)15-9-7-6-8-10-15/h6-10,14,16,18H,11-13H2,1-5H3. The number of hydrogen-bond acceptors (Lipinski definition) is 1. The third-order valence-electron chi connectivity index (χ3n) is 3.29. The molecule has 1 unspecified atom stereocenters. The van der Waals surface area contributed by atoms with Gasteiger partial charge >= 0.3 is 0 Å². The van der Waals surface area contributed by atoms with Gasteiger partial charge in [-0.25, -0.2) is 0 Å². The maximum Gasteiger partial charge on any atom is 0.00225 e. The number of hydrogen-bond donors (Lipinski definition) is 1. The lowest BCUT2D eigenvalue weighted by Crippen LogP contribution is -2.28. The molecule has 0 aromatic heterocycles. The Kier molecular flexibility index (Phi) is 5.87. The Labute approximate surface area is 113 Å². The number of benzene rings is 1. The fourth-order valence-corrected chi connectivity index (χ4v) is 2.10. The minimum atomic E-state index is 0.421. The van der Waals surface area contributed by atoms with Crippen LogP contribution in [0.2, 0.25) is 0 Å². The summed E-state index contributed by atoms with van der Waals surface area (Å²) in [6.45, 7) is 12.5. The van der Waals surface area contributed by atoms with E-state index in [2.05, 4.69) is 70.3 Å². The average molecular weight is 247 g/mol. The SMILES string of the molecule is CC(C)NCC(CCC(C)(C)C)c1ccccc1. The van der Waals surface area contributed by atoms with E-state index >= 15 is 0 Å². The molecule has 1 atom stereocenters. The molecule has 1 N–H and O–H groups in total. The number of nitrogens with one attached hydrogen (secondary N) is 1. The Morgan fingerprint density at radius 2 is 1.67 bits per heavy atom. The first-order chi connectivity index (χ1) is 8.38. The third kappa shape index (κ3) is 6.20. The normalized spacial score (nSPS) is 13.9. The molecular formula is C17H29N. The summed E-state index contributed by atoms with van der Waals surface area (Å²) in [7, 11) is 0. The summed E-state index contributed by atoms with van der Waals surface area (Å²) >= 11 is 0. The number of rotatable bonds is 6. The summed E-state index contributed by atoms with van der Waals surface area (Å²) in [5.41, 5.74) is 1.89. The van der Waals surface area contributed by atoms with E-state index in [4.69, 9.17) is 0 Å². The Bertz CT molecular complexity index is 321. The van der Waals surface area contributed by atoms with Crippen molar-refractivity contribution in [3.8, 4) is 0 Å². The molecule has 0 amide bonds. The first-order valence-corrected chi connectivity index (χ1v) is 7.17. The minimum Gasteiger partial charge on any atom is -0.314 e. The smallest absolute Gasteiger partial charge is 0.00225 e. The lowest BCUT2D eigenvalue weighted by Gasteiger charge is -2.24. The Balaban J connectivity index is 2.63. The summed E-state index contributed by atoms with van der Waals surface area (Å²) < 4.78 is 0. The van der Waals surface area contributed by atoms with Crippen LogP contribution in [-0.2, 0) is 0 Å². The molecule has 0 bridgehead atoms. The van der Waals surface area contributed by atoms with E-state index < -0.39 is 0 Å². The van der Waals surface area contributed by atoms with Crippen molar-refractivity contribution < 1.29 is 0 Å². The molecule has 1 rings (SSSR count). The van der Waals surface area contributed by atoms with Crippen molar-refractivity contribution in [3.05, 3.63) is 35.9 Å². The average Bonchev–Trinajstić information content (AvgIpc) is 2.28. The van der Waals surface area contributed by atoms with E-state index in [1.54, 1.807) is 0 Å². The molecule has 1 nitrogen and oxygen atoms in total. The Morgan fingerprint density at radius 3 is 2.17 bits per heavy atom. The lowest BCUT2D eigenvalue weighted by molar-refractivity contribution is 0.342. The quantitative estimate of drug-likeness (QED) is 0.775. The molecular weight excluding hydrogens is 218 g/mol. The molecule has 0 aliphatic rings. The van der Waals surface area contributed by atoms with Crippen LogP contribution in [0.15, 0.2) is 30.3 Å². The van der Waals surface area contributed by atoms with Crippen LogP contribution in [-0.4, -0.2) is 12.6 Å². The zero-order valence-electron chi connectivity index (χ0n) is 12.7. The van der Waals surface area contributed by atoms with Gasteiger partial charge in [0, 0.05) is 12.6 Å². The maximum atomic E-state index is 3.58. The molecule has 102 valence electrons. The van der Waals surface area contributed by atoms with Gasteiger partial charge in [-0.2, -0.15) is 0 Å². The second-order valence-corrected chi connectivity index (χ2v) is 6.77. The largest absolute Gasteiger partial charge is 0.314 e. The van der Waals surface area contributed by atoms with Gasteiger partial charge in [0.2, 0.25) is 0 Å². The maximum absolute atomic E-state index is 3.58. The van der Waals surface area contributed by atoms with E-state index in [0.717, 1.165) is 6.54 Å². The van der Waals surface area contributed by atoms with Gasteiger partial charge < -0.3 is 5.32 Å². The van der Waals surface area contributed by atoms with Crippen molar-refractivity contribution in [2.45, 2.75) is 59.4 Å². The second kappa shape index (κ2) is 6.94. The summed E-state index contributed by atoms with van der Waals surface area (Å²) in [5, 5.41) is 3.58. The molecule has 0 aliphatic heterocycles. The fourth-order valence-electron chi connectivity index (χ4n) is 2.10. The van der Waals surface area contributed by atoms with Gasteiger partial charge in [0.25, 0.3) is 0 Å². The monoisotopic (exact) mass is 247 g/mol. The molecule has 18 heavy (non-hydrogen) atoms. The molecule has 0 saturated carbocycles. The summed E-state index contributed by atoms with van der Waals surface area (Å²) in [4.78, 5) is 0. The first-order valence-electron chi connectivity index (χ1n) is 7.17. The Morgan fingerprint density at radius 1 is 1.06 bits per heavy atom. The molecule has 0 fully saturated rings. The molecule has 0 spiro atoms. The van der Waals surface area contributed by atoms with Crippen molar-refractivity contribution in [3.63, 3.8) is 0 Å². The van der Waals surface area contributed by atoms with Crippen LogP contribution >= 0.6 is 0 Å². The van der Waals surface area contributed by atoms with Crippen LogP contribution in [0.5, 0.6) is 0 Å². The van der Waals surface area contributed by atoms with Crippen molar-refractivity contribution in [2.75, 3.05) is 6.54 Å². The summed E-state index contributed by atoms with van der Waals surface area (Å²) in [6.07, 6.45) is 2.53. The first kappa shape index (κ1) is 15.2. The van der Waals surface area contributed by atoms with E-state index in [0.29, 0.717) is 17.4 Å². The van der Waals surface area contributed by atoms with Crippen molar-refractivity contribution in [1.82, 2.24) is 5.32 Å². The van der Waals surface area contributed by atoms with Crippen molar-refractivity contribution >= 4 is 0 Å². The molecule has 1 aromatic carbocycles. The van der Waals surface area contributed by atoms with Crippen LogP contribution in [0.25, 0.3) is 0 Å². The predicted octanol–water partition coefficient (Wildman–Crippen LogP) is 4.59. The zero-order chi connectivity index (χ0) is 13.6. The van der Waals surface area contributed by atoms with E-state index in [1.807, 2.05) is 0 Å². The molecule has 1 aromatic rings. The predicted molar refractivity (Wildman–Crippen MR) is 81.0 cm³/mol. The molecule has 0 saturated heterocycles. The highest BCUT2D eigenvalue weighted by Crippen LogP contribution is 2.28. The molecule has 0 radical (unpaired) electrons. The zero-order valence-corrected chi connectivity index (χ0v) is 12.7. The summed E-state index contributed by atoms with van der Waals surface area (Å²) in [5.74, 6) is 0.632. The highest BCUT2D eigenvalue weighted by molar-refractivity contribution is 5.19. The third-order valence-corrected chi connectivity index (χ3v) is 3.29. The van der Waals surface area contributed by atoms with Crippen LogP contribution < -0.4 is 5.32 Å². The van der Waals surface area contributed by atoms with Gasteiger partial charge in [-0.05, 0) is 29.7 Å². The summed E-state index contributed by atoms with van der Waals surface area (Å²) in [6, 6.07) is 11.5. The van der Waals surface area contributed by atoms with Gasteiger partial charge in [0.05, 0.1) is 0 Å². The molecule has 0 heterocycles. The van der Waals surface area contributed by atoms with Gasteiger partial charge in [-0.1, -0.05) is 65.0 Å². The van der Waals surface area contributed by atoms with E-state index in [1.165, 1.54) is 18.4 Å². The second-order valence-electron chi connectivity index (χ2n) is 6.77. The van der Waals surface area contributed by atoms with E-state index in [9.17, 15) is 0 Å². The Hall–Kier alpha value is -0.820. The van der Waals surface area contributed by atoms with Crippen molar-refractivity contribution in [1.29, 1.82) is 0 Å². The van der Waals surface area contributed by atoms with Gasteiger partial charge in [0.15, 0.2) is 0 Å². The lowest BCUT2D eigenvalue weighted by atomic mass is 9.84. The molecule has 1 heteroatoms. The van der Waals surface area contributed by atoms with Crippen molar-refractivity contribution in [2.24, 2.45) is 5.41 Å². The van der Waals surface area contributed by atoms with Gasteiger partial charge in [-0.15, -0.1) is 0 Å².